The minimum absolute atomic E-state index is 0.0391. The molecule has 4 aliphatic rings. The molecule has 4 fully saturated rings. The second-order valence-electron chi connectivity index (χ2n) is 13.2. The highest BCUT2D eigenvalue weighted by Crippen LogP contribution is 2.69. The summed E-state index contributed by atoms with van der Waals surface area (Å²) in [5.74, 6) is 1.93. The van der Waals surface area contributed by atoms with Gasteiger partial charge in [0, 0.05) is 18.8 Å². The zero-order chi connectivity index (χ0) is 25.1. The summed E-state index contributed by atoms with van der Waals surface area (Å²) in [7, 11) is 0. The van der Waals surface area contributed by atoms with Crippen LogP contribution in [0.1, 0.15) is 92.9 Å². The molecule has 0 aromatic heterocycles. The van der Waals surface area contributed by atoms with Gasteiger partial charge in [0.25, 0.3) is 0 Å². The van der Waals surface area contributed by atoms with Crippen LogP contribution >= 0.6 is 0 Å². The van der Waals surface area contributed by atoms with Crippen LogP contribution in [0.2, 0.25) is 0 Å². The van der Waals surface area contributed by atoms with E-state index in [1.165, 1.54) is 6.92 Å². The van der Waals surface area contributed by atoms with Crippen molar-refractivity contribution in [3.63, 3.8) is 0 Å². The van der Waals surface area contributed by atoms with E-state index in [4.69, 9.17) is 4.74 Å². The first-order chi connectivity index (χ1) is 15.8. The fourth-order valence-corrected chi connectivity index (χ4v) is 9.30. The Hall–Kier alpha value is -0.910. The summed E-state index contributed by atoms with van der Waals surface area (Å²) < 4.78 is 5.46. The van der Waals surface area contributed by atoms with Crippen LogP contribution in [-0.2, 0) is 9.53 Å². The molecule has 0 heterocycles. The van der Waals surface area contributed by atoms with E-state index in [9.17, 15) is 20.1 Å². The molecule has 11 atom stereocenters. The average Bonchev–Trinajstić information content (AvgIpc) is 3.06. The maximum Gasteiger partial charge on any atom is 0.302 e. The van der Waals surface area contributed by atoms with Crippen molar-refractivity contribution >= 4 is 5.97 Å². The molecule has 0 aliphatic heterocycles. The minimum atomic E-state index is -1.34. The third kappa shape index (κ3) is 4.08. The highest BCUT2D eigenvalue weighted by Gasteiger charge is 2.69. The molecule has 0 radical (unpaired) electrons. The third-order valence-electron chi connectivity index (χ3n) is 10.8. The van der Waals surface area contributed by atoms with Gasteiger partial charge in [0.2, 0.25) is 0 Å². The second kappa shape index (κ2) is 9.19. The zero-order valence-corrected chi connectivity index (χ0v) is 22.2. The molecule has 0 saturated heterocycles. The topological polar surface area (TPSA) is 87.0 Å². The van der Waals surface area contributed by atoms with Crippen LogP contribution < -0.4 is 0 Å². The van der Waals surface area contributed by atoms with Crippen LogP contribution in [0.15, 0.2) is 12.2 Å². The van der Waals surface area contributed by atoms with Gasteiger partial charge in [-0.3, -0.25) is 4.79 Å². The van der Waals surface area contributed by atoms with Crippen LogP contribution in [0.4, 0.5) is 0 Å². The van der Waals surface area contributed by atoms with Gasteiger partial charge in [-0.2, -0.15) is 0 Å². The van der Waals surface area contributed by atoms with Crippen molar-refractivity contribution in [1.29, 1.82) is 0 Å². The fraction of sp³-hybridized carbons (Fsp3) is 0.897. The van der Waals surface area contributed by atoms with Gasteiger partial charge < -0.3 is 20.1 Å². The van der Waals surface area contributed by atoms with E-state index in [0.29, 0.717) is 42.9 Å². The molecule has 194 valence electrons. The number of allylic oxidation sites excluding steroid dienone is 2. The summed E-state index contributed by atoms with van der Waals surface area (Å²) in [4.78, 5) is 11.6. The Morgan fingerprint density at radius 3 is 2.47 bits per heavy atom. The minimum Gasteiger partial charge on any atom is -0.462 e. The smallest absolute Gasteiger partial charge is 0.302 e. The maximum absolute atomic E-state index is 11.9. The van der Waals surface area contributed by atoms with Crippen LogP contribution in [0.5, 0.6) is 0 Å². The largest absolute Gasteiger partial charge is 0.462 e. The normalized spacial score (nSPS) is 49.4. The molecule has 5 nitrogen and oxygen atoms in total. The lowest BCUT2D eigenvalue weighted by atomic mass is 9.41. The first-order valence-electron chi connectivity index (χ1n) is 13.8. The Bertz CT molecular complexity index is 793. The monoisotopic (exact) mass is 476 g/mol. The summed E-state index contributed by atoms with van der Waals surface area (Å²) in [6.07, 6.45) is 9.25. The number of carbonyl (C=O) groups excluding carboxylic acids is 1. The molecular formula is C29H48O5. The van der Waals surface area contributed by atoms with E-state index in [-0.39, 0.29) is 35.7 Å². The van der Waals surface area contributed by atoms with Gasteiger partial charge in [-0.05, 0) is 85.9 Å². The van der Waals surface area contributed by atoms with E-state index >= 15 is 0 Å². The van der Waals surface area contributed by atoms with Crippen LogP contribution in [0, 0.1) is 46.3 Å². The van der Waals surface area contributed by atoms with Crippen molar-refractivity contribution in [2.45, 2.75) is 117 Å². The van der Waals surface area contributed by atoms with Gasteiger partial charge in [-0.1, -0.05) is 46.8 Å². The number of hydrogen-bond acceptors (Lipinski definition) is 5. The number of rotatable bonds is 5. The Morgan fingerprint density at radius 2 is 1.82 bits per heavy atom. The molecule has 4 aliphatic carbocycles. The lowest BCUT2D eigenvalue weighted by Crippen LogP contribution is -2.71. The van der Waals surface area contributed by atoms with Crippen molar-refractivity contribution in [3.05, 3.63) is 12.2 Å². The quantitative estimate of drug-likeness (QED) is 0.389. The predicted molar refractivity (Wildman–Crippen MR) is 133 cm³/mol. The van der Waals surface area contributed by atoms with Gasteiger partial charge in [-0.15, -0.1) is 0 Å². The van der Waals surface area contributed by atoms with Gasteiger partial charge in [0.15, 0.2) is 0 Å². The van der Waals surface area contributed by atoms with E-state index in [2.05, 4.69) is 46.8 Å². The van der Waals surface area contributed by atoms with Gasteiger partial charge >= 0.3 is 5.97 Å². The molecule has 0 spiro atoms. The van der Waals surface area contributed by atoms with Crippen LogP contribution in [0.25, 0.3) is 0 Å². The highest BCUT2D eigenvalue weighted by atomic mass is 16.5. The number of hydrogen-bond donors (Lipinski definition) is 3. The zero-order valence-electron chi connectivity index (χ0n) is 22.2. The standard InChI is InChI=1S/C29H48O5/c1-17(2)8-7-9-18(3)22-10-11-23-21-14-25(32)29(33)15-20(34-19(4)30)12-13-28(29,6)26(21)24(31)16-27(22,23)5/h7,9,17-18,20-26,31-33H,8,10-16H2,1-6H3. The van der Waals surface area contributed by atoms with E-state index in [0.717, 1.165) is 25.7 Å². The molecule has 3 N–H and O–H groups in total. The van der Waals surface area contributed by atoms with Gasteiger partial charge in [0.05, 0.1) is 17.8 Å². The summed E-state index contributed by atoms with van der Waals surface area (Å²) in [6.45, 7) is 12.7. The Morgan fingerprint density at radius 1 is 1.12 bits per heavy atom. The maximum atomic E-state index is 11.9. The summed E-state index contributed by atoms with van der Waals surface area (Å²) >= 11 is 0. The molecule has 4 saturated carbocycles. The first-order valence-corrected chi connectivity index (χ1v) is 13.8. The Balaban J connectivity index is 1.59. The number of aliphatic hydroxyl groups is 3. The van der Waals surface area contributed by atoms with E-state index in [1.54, 1.807) is 0 Å². The Kier molecular flexibility index (Phi) is 7.07. The lowest BCUT2D eigenvalue weighted by Gasteiger charge is -2.66. The van der Waals surface area contributed by atoms with Crippen molar-refractivity contribution in [1.82, 2.24) is 0 Å². The van der Waals surface area contributed by atoms with Crippen molar-refractivity contribution in [3.8, 4) is 0 Å². The van der Waals surface area contributed by atoms with Crippen molar-refractivity contribution in [2.24, 2.45) is 46.3 Å². The number of carbonyl (C=O) groups is 1. The van der Waals surface area contributed by atoms with E-state index in [1.807, 2.05) is 0 Å². The molecule has 0 bridgehead atoms. The van der Waals surface area contributed by atoms with E-state index < -0.39 is 23.2 Å². The van der Waals surface area contributed by atoms with Crippen molar-refractivity contribution < 1.29 is 24.9 Å². The highest BCUT2D eigenvalue weighted by molar-refractivity contribution is 5.66. The molecule has 11 unspecified atom stereocenters. The summed E-state index contributed by atoms with van der Waals surface area (Å²) in [5, 5.41) is 34.9. The number of ether oxygens (including phenoxy) is 1. The second-order valence-corrected chi connectivity index (χ2v) is 13.2. The number of esters is 1. The molecule has 0 aromatic rings. The molecule has 0 aromatic carbocycles. The molecule has 5 heteroatoms. The SMILES string of the molecule is CC(=O)OC1CCC2(C)C3C(O)CC4(C)C(C(C)C=CCC(C)C)CCC4C3CC(O)C2(O)C1. The third-order valence-corrected chi connectivity index (χ3v) is 10.8. The number of aliphatic hydroxyl groups excluding tert-OH is 2. The summed E-state index contributed by atoms with van der Waals surface area (Å²) in [6, 6.07) is 0. The average molecular weight is 477 g/mol. The lowest BCUT2D eigenvalue weighted by molar-refractivity contribution is -0.283. The summed E-state index contributed by atoms with van der Waals surface area (Å²) in [5.41, 5.74) is -1.89. The van der Waals surface area contributed by atoms with Gasteiger partial charge in [0.1, 0.15) is 6.10 Å². The fourth-order valence-electron chi connectivity index (χ4n) is 9.30. The molecule has 4 rings (SSSR count). The molecular weight excluding hydrogens is 428 g/mol. The van der Waals surface area contributed by atoms with Crippen LogP contribution in [0.3, 0.4) is 0 Å². The van der Waals surface area contributed by atoms with Crippen LogP contribution in [-0.4, -0.2) is 45.2 Å². The Labute approximate surface area is 206 Å². The molecule has 34 heavy (non-hydrogen) atoms. The molecule has 0 amide bonds. The van der Waals surface area contributed by atoms with Crippen molar-refractivity contribution in [2.75, 3.05) is 0 Å². The first kappa shape index (κ1) is 26.2. The van der Waals surface area contributed by atoms with Gasteiger partial charge in [-0.25, -0.2) is 0 Å². The number of fused-ring (bicyclic) bond motifs is 5. The predicted octanol–water partition coefficient (Wildman–Crippen LogP) is 4.87.